The first-order chi connectivity index (χ1) is 16.6. The molecule has 9 nitrogen and oxygen atoms in total. The van der Waals surface area contributed by atoms with Gasteiger partial charge in [0.2, 0.25) is 0 Å². The van der Waals surface area contributed by atoms with E-state index in [9.17, 15) is 14.4 Å². The van der Waals surface area contributed by atoms with E-state index in [1.165, 1.54) is 7.11 Å². The molecular formula is C25H33N3O6. The molecule has 2 aromatic carbocycles. The summed E-state index contributed by atoms with van der Waals surface area (Å²) in [5, 5.41) is 8.48. The molecule has 9 heteroatoms. The first kappa shape index (κ1) is 26.7. The smallest absolute Gasteiger partial charge is 0.407 e. The molecule has 2 rings (SSSR count). The molecule has 3 N–H and O–H groups in total. The monoisotopic (exact) mass is 471 g/mol. The van der Waals surface area contributed by atoms with Crippen molar-refractivity contribution in [1.29, 1.82) is 0 Å². The SMILES string of the molecule is COC(=O)C(CCCNC(=O)OCc1ccccc1)NCCCNC(=O)OCc1ccccc1. The lowest BCUT2D eigenvalue weighted by molar-refractivity contribution is -0.143. The van der Waals surface area contributed by atoms with Gasteiger partial charge in [-0.25, -0.2) is 9.59 Å². The maximum absolute atomic E-state index is 12.0. The molecule has 0 radical (unpaired) electrons. The van der Waals surface area contributed by atoms with Crippen molar-refractivity contribution >= 4 is 18.2 Å². The standard InChI is InChI=1S/C25H33N3O6/c1-32-23(29)22(14-8-15-27-24(30)33-18-20-10-4-2-5-11-20)26-16-9-17-28-25(31)34-19-21-12-6-3-7-13-21/h2-7,10-13,22,26H,8-9,14-19H2,1H3,(H,27,30)(H,28,31). The number of esters is 1. The second-order valence-electron chi connectivity index (χ2n) is 7.50. The van der Waals surface area contributed by atoms with Crippen molar-refractivity contribution in [3.63, 3.8) is 0 Å². The van der Waals surface area contributed by atoms with E-state index in [2.05, 4.69) is 16.0 Å². The number of amides is 2. The Morgan fingerprint density at radius 3 is 1.74 bits per heavy atom. The maximum atomic E-state index is 12.0. The van der Waals surface area contributed by atoms with Crippen LogP contribution in [0, 0.1) is 0 Å². The van der Waals surface area contributed by atoms with Gasteiger partial charge in [-0.3, -0.25) is 4.79 Å². The van der Waals surface area contributed by atoms with Gasteiger partial charge in [0, 0.05) is 13.1 Å². The summed E-state index contributed by atoms with van der Waals surface area (Å²) >= 11 is 0. The average Bonchev–Trinajstić information content (AvgIpc) is 2.88. The minimum absolute atomic E-state index is 0.201. The van der Waals surface area contributed by atoms with Crippen molar-refractivity contribution in [2.24, 2.45) is 0 Å². The van der Waals surface area contributed by atoms with Crippen LogP contribution >= 0.6 is 0 Å². The van der Waals surface area contributed by atoms with Gasteiger partial charge in [-0.15, -0.1) is 0 Å². The number of carbonyl (C=O) groups excluding carboxylic acids is 3. The molecule has 184 valence electrons. The quantitative estimate of drug-likeness (QED) is 0.220. The van der Waals surface area contributed by atoms with Crippen LogP contribution in [0.3, 0.4) is 0 Å². The Balaban J connectivity index is 1.55. The predicted octanol–water partition coefficient (Wildman–Crippen LogP) is 3.14. The van der Waals surface area contributed by atoms with E-state index < -0.39 is 18.2 Å². The van der Waals surface area contributed by atoms with E-state index in [0.717, 1.165) is 11.1 Å². The Hall–Kier alpha value is -3.59. The van der Waals surface area contributed by atoms with E-state index >= 15 is 0 Å². The molecule has 0 fully saturated rings. The van der Waals surface area contributed by atoms with Gasteiger partial charge in [-0.05, 0) is 36.9 Å². The molecule has 0 heterocycles. The second kappa shape index (κ2) is 16.1. The number of ether oxygens (including phenoxy) is 3. The lowest BCUT2D eigenvalue weighted by atomic mass is 10.1. The van der Waals surface area contributed by atoms with E-state index in [1.54, 1.807) is 0 Å². The summed E-state index contributed by atoms with van der Waals surface area (Å²) in [7, 11) is 1.33. The fourth-order valence-electron chi connectivity index (χ4n) is 3.05. The fraction of sp³-hybridized carbons (Fsp3) is 0.400. The minimum Gasteiger partial charge on any atom is -0.468 e. The van der Waals surface area contributed by atoms with Crippen LogP contribution < -0.4 is 16.0 Å². The first-order valence-electron chi connectivity index (χ1n) is 11.3. The molecule has 2 amide bonds. The highest BCUT2D eigenvalue weighted by atomic mass is 16.6. The zero-order valence-corrected chi connectivity index (χ0v) is 19.5. The number of benzene rings is 2. The highest BCUT2D eigenvalue weighted by Crippen LogP contribution is 2.03. The van der Waals surface area contributed by atoms with Crippen LogP contribution in [0.2, 0.25) is 0 Å². The summed E-state index contributed by atoms with van der Waals surface area (Å²) in [6.07, 6.45) is 0.670. The Labute approximate surface area is 200 Å². The molecule has 0 saturated carbocycles. The maximum Gasteiger partial charge on any atom is 0.407 e. The summed E-state index contributed by atoms with van der Waals surface area (Å²) in [5.74, 6) is -0.373. The molecule has 0 bridgehead atoms. The molecular weight excluding hydrogens is 438 g/mol. The van der Waals surface area contributed by atoms with Crippen LogP contribution in [0.5, 0.6) is 0 Å². The third-order valence-electron chi connectivity index (χ3n) is 4.86. The number of nitrogens with one attached hydrogen (secondary N) is 3. The van der Waals surface area contributed by atoms with Crippen molar-refractivity contribution in [2.75, 3.05) is 26.7 Å². The van der Waals surface area contributed by atoms with Gasteiger partial charge in [-0.1, -0.05) is 60.7 Å². The summed E-state index contributed by atoms with van der Waals surface area (Å²) < 4.78 is 15.1. The van der Waals surface area contributed by atoms with Gasteiger partial charge in [-0.2, -0.15) is 0 Å². The topological polar surface area (TPSA) is 115 Å². The van der Waals surface area contributed by atoms with Gasteiger partial charge in [0.25, 0.3) is 0 Å². The van der Waals surface area contributed by atoms with Crippen LogP contribution in [0.25, 0.3) is 0 Å². The molecule has 0 aliphatic heterocycles. The van der Waals surface area contributed by atoms with Crippen molar-refractivity contribution in [3.8, 4) is 0 Å². The van der Waals surface area contributed by atoms with Crippen LogP contribution in [-0.2, 0) is 32.2 Å². The molecule has 0 saturated heterocycles. The van der Waals surface area contributed by atoms with Gasteiger partial charge >= 0.3 is 18.2 Å². The molecule has 0 aromatic heterocycles. The van der Waals surface area contributed by atoms with Crippen molar-refractivity contribution < 1.29 is 28.6 Å². The Bertz CT molecular complexity index is 863. The largest absolute Gasteiger partial charge is 0.468 e. The fourth-order valence-corrected chi connectivity index (χ4v) is 3.05. The lowest BCUT2D eigenvalue weighted by Crippen LogP contribution is -2.40. The molecule has 1 unspecified atom stereocenters. The Kier molecular flexibility index (Phi) is 12.6. The lowest BCUT2D eigenvalue weighted by Gasteiger charge is -2.16. The molecule has 0 aliphatic rings. The summed E-state index contributed by atoms with van der Waals surface area (Å²) in [4.78, 5) is 35.5. The van der Waals surface area contributed by atoms with E-state index in [4.69, 9.17) is 14.2 Å². The van der Waals surface area contributed by atoms with Crippen LogP contribution in [-0.4, -0.2) is 50.9 Å². The molecule has 2 aromatic rings. The van der Waals surface area contributed by atoms with E-state index in [-0.39, 0.29) is 19.2 Å². The summed E-state index contributed by atoms with van der Waals surface area (Å²) in [6, 6.07) is 18.3. The zero-order valence-electron chi connectivity index (χ0n) is 19.5. The first-order valence-corrected chi connectivity index (χ1v) is 11.3. The third-order valence-corrected chi connectivity index (χ3v) is 4.86. The van der Waals surface area contributed by atoms with Crippen LogP contribution in [0.1, 0.15) is 30.4 Å². The number of alkyl carbamates (subject to hydrolysis) is 2. The molecule has 0 aliphatic carbocycles. The van der Waals surface area contributed by atoms with E-state index in [0.29, 0.717) is 38.9 Å². The van der Waals surface area contributed by atoms with Crippen molar-refractivity contribution in [3.05, 3.63) is 71.8 Å². The van der Waals surface area contributed by atoms with Crippen molar-refractivity contribution in [1.82, 2.24) is 16.0 Å². The summed E-state index contributed by atoms with van der Waals surface area (Å²) in [6.45, 7) is 1.70. The highest BCUT2D eigenvalue weighted by molar-refractivity contribution is 5.75. The van der Waals surface area contributed by atoms with Crippen molar-refractivity contribution in [2.45, 2.75) is 38.5 Å². The van der Waals surface area contributed by atoms with Crippen LogP contribution in [0.15, 0.2) is 60.7 Å². The Morgan fingerprint density at radius 1 is 0.735 bits per heavy atom. The van der Waals surface area contributed by atoms with Crippen LogP contribution in [0.4, 0.5) is 9.59 Å². The van der Waals surface area contributed by atoms with Gasteiger partial charge in [0.1, 0.15) is 19.3 Å². The van der Waals surface area contributed by atoms with E-state index in [1.807, 2.05) is 60.7 Å². The molecule has 0 spiro atoms. The number of hydrogen-bond acceptors (Lipinski definition) is 7. The van der Waals surface area contributed by atoms with Gasteiger partial charge in [0.05, 0.1) is 7.11 Å². The Morgan fingerprint density at radius 2 is 1.24 bits per heavy atom. The number of rotatable bonds is 14. The number of carbonyl (C=O) groups is 3. The van der Waals surface area contributed by atoms with Gasteiger partial charge in [0.15, 0.2) is 0 Å². The third kappa shape index (κ3) is 11.3. The average molecular weight is 472 g/mol. The minimum atomic E-state index is -0.503. The molecule has 34 heavy (non-hydrogen) atoms. The second-order valence-corrected chi connectivity index (χ2v) is 7.50. The normalized spacial score (nSPS) is 11.2. The number of hydrogen-bond donors (Lipinski definition) is 3. The zero-order chi connectivity index (χ0) is 24.4. The number of methoxy groups -OCH3 is 1. The van der Waals surface area contributed by atoms with Gasteiger partial charge < -0.3 is 30.2 Å². The highest BCUT2D eigenvalue weighted by Gasteiger charge is 2.18. The predicted molar refractivity (Wildman–Crippen MR) is 127 cm³/mol. The molecule has 1 atom stereocenters. The summed E-state index contributed by atoms with van der Waals surface area (Å²) in [5.41, 5.74) is 1.82.